The normalized spacial score (nSPS) is 9.80. The Morgan fingerprint density at radius 2 is 1.60 bits per heavy atom. The smallest absolute Gasteiger partial charge is 0.430 e. The highest BCUT2D eigenvalue weighted by Gasteiger charge is 2.02. The Labute approximate surface area is 59.6 Å². The van der Waals surface area contributed by atoms with Gasteiger partial charge in [-0.15, -0.1) is 0 Å². The van der Waals surface area contributed by atoms with Gasteiger partial charge in [0.05, 0.1) is 0 Å². The lowest BCUT2D eigenvalue weighted by atomic mass is 10.2. The van der Waals surface area contributed by atoms with Crippen LogP contribution in [0, 0.1) is 0 Å². The molecule has 4 heteroatoms. The van der Waals surface area contributed by atoms with E-state index in [1.54, 1.807) is 0 Å². The first-order valence-corrected chi connectivity index (χ1v) is 2.95. The van der Waals surface area contributed by atoms with Crippen LogP contribution in [0.25, 0.3) is 0 Å². The third-order valence-corrected chi connectivity index (χ3v) is 1.15. The Morgan fingerprint density at radius 1 is 1.20 bits per heavy atom. The maximum absolute atomic E-state index is 7.12. The van der Waals surface area contributed by atoms with Gasteiger partial charge >= 0.3 is 7.69 Å². The van der Waals surface area contributed by atoms with Crippen molar-refractivity contribution in [2.45, 2.75) is 0 Å². The van der Waals surface area contributed by atoms with E-state index in [4.69, 9.17) is 10.0 Å². The van der Waals surface area contributed by atoms with Gasteiger partial charge in [0.15, 0.2) is 0 Å². The topological polar surface area (TPSA) is 52.5 Å². The van der Waals surface area contributed by atoms with Crippen LogP contribution in [-0.2, 0) is 0 Å². The molecule has 0 amide bonds. The Morgan fingerprint density at radius 3 is 1.70 bits per heavy atom. The number of nitrogens with one attached hydrogen (secondary N) is 1. The second-order valence-corrected chi connectivity index (χ2v) is 1.85. The molecule has 0 spiro atoms. The molecule has 2 heterocycles. The summed E-state index contributed by atoms with van der Waals surface area (Å²) in [6.07, 6.45) is 0. The number of hydrogen-bond acceptors (Lipinski definition) is 3. The van der Waals surface area contributed by atoms with E-state index >= 15 is 0 Å². The van der Waals surface area contributed by atoms with Gasteiger partial charge in [0.2, 0.25) is 0 Å². The van der Waals surface area contributed by atoms with Crippen molar-refractivity contribution >= 4 is 19.1 Å². The summed E-state index contributed by atoms with van der Waals surface area (Å²) in [6.45, 7) is 0. The first kappa shape index (κ1) is 7.12. The molecule has 0 aromatic heterocycles. The molecule has 0 saturated heterocycles. The van der Waals surface area contributed by atoms with Crippen molar-refractivity contribution in [2.24, 2.45) is 0 Å². The van der Waals surface area contributed by atoms with Gasteiger partial charge in [0, 0.05) is 11.4 Å². The molecule has 3 N–H and O–H groups in total. The fourth-order valence-electron chi connectivity index (χ4n) is 0.764. The number of fused-ring (bicyclic) bond motifs is 2. The van der Waals surface area contributed by atoms with Crippen LogP contribution in [0.5, 0.6) is 0 Å². The molecular weight excluding hydrogens is 129 g/mol. The summed E-state index contributed by atoms with van der Waals surface area (Å²) in [6, 6.07) is 8.25. The Balaban J connectivity index is 0.000000148. The zero-order valence-corrected chi connectivity index (χ0v) is 5.41. The molecule has 10 heavy (non-hydrogen) atoms. The molecule has 0 radical (unpaired) electrons. The highest BCUT2D eigenvalue weighted by atomic mass is 16.4. The zero-order chi connectivity index (χ0) is 7.40. The molecule has 0 aliphatic carbocycles. The molecule has 0 unspecified atom stereocenters. The van der Waals surface area contributed by atoms with Crippen LogP contribution in [0.15, 0.2) is 24.3 Å². The number of benzene rings is 1. The second-order valence-electron chi connectivity index (χ2n) is 1.85. The third kappa shape index (κ3) is 1.49. The lowest BCUT2D eigenvalue weighted by Gasteiger charge is -2.15. The quantitative estimate of drug-likeness (QED) is 0.447. The second kappa shape index (κ2) is 3.24. The summed E-state index contributed by atoms with van der Waals surface area (Å²) >= 11 is 0. The minimum atomic E-state index is -0.750. The Hall–Kier alpha value is -0.995. The summed E-state index contributed by atoms with van der Waals surface area (Å²) in [5.74, 6) is 0. The number of anilines is 2. The lowest BCUT2D eigenvalue weighted by Crippen LogP contribution is -1.98. The average molecular weight is 137 g/mol. The molecule has 2 bridgehead atoms. The van der Waals surface area contributed by atoms with Crippen molar-refractivity contribution in [1.82, 2.24) is 0 Å². The monoisotopic (exact) mass is 137 g/mol. The molecule has 0 fully saturated rings. The maximum atomic E-state index is 7.12. The molecule has 52 valence electrons. The summed E-state index contributed by atoms with van der Waals surface area (Å²) in [5, 5.41) is 17.4. The van der Waals surface area contributed by atoms with Crippen LogP contribution in [0.2, 0.25) is 0 Å². The summed E-state index contributed by atoms with van der Waals surface area (Å²) in [4.78, 5) is 0. The molecule has 0 atom stereocenters. The Kier molecular flexibility index (Phi) is 2.31. The molecular formula is C6H8BNO2. The first-order valence-electron chi connectivity index (χ1n) is 2.95. The van der Waals surface area contributed by atoms with Gasteiger partial charge in [-0.2, -0.15) is 0 Å². The number of hydrogen-bond donors (Lipinski definition) is 3. The first-order chi connectivity index (χ1) is 4.86. The van der Waals surface area contributed by atoms with E-state index < -0.39 is 7.69 Å². The van der Waals surface area contributed by atoms with Crippen LogP contribution in [0.3, 0.4) is 0 Å². The van der Waals surface area contributed by atoms with Crippen molar-refractivity contribution in [3.05, 3.63) is 24.3 Å². The molecule has 1 aromatic carbocycles. The molecule has 3 rings (SSSR count). The molecule has 1 aromatic rings. The van der Waals surface area contributed by atoms with Crippen LogP contribution >= 0.6 is 0 Å². The van der Waals surface area contributed by atoms with Crippen molar-refractivity contribution in [3.63, 3.8) is 0 Å². The largest absolute Gasteiger partial charge is 0.432 e. The number of rotatable bonds is 0. The van der Waals surface area contributed by atoms with Crippen molar-refractivity contribution in [3.8, 4) is 0 Å². The van der Waals surface area contributed by atoms with E-state index in [2.05, 4.69) is 11.4 Å². The highest BCUT2D eigenvalue weighted by molar-refractivity contribution is 6.13. The Bertz CT molecular complexity index is 192. The van der Waals surface area contributed by atoms with Crippen molar-refractivity contribution < 1.29 is 10.0 Å². The predicted molar refractivity (Wildman–Crippen MR) is 41.3 cm³/mol. The molecule has 2 aliphatic heterocycles. The van der Waals surface area contributed by atoms with E-state index in [-0.39, 0.29) is 0 Å². The van der Waals surface area contributed by atoms with Crippen LogP contribution in [-0.4, -0.2) is 17.7 Å². The summed E-state index contributed by atoms with van der Waals surface area (Å²) in [7, 11) is -0.750. The molecule has 0 saturated carbocycles. The summed E-state index contributed by atoms with van der Waals surface area (Å²) < 4.78 is 0. The molecule has 3 nitrogen and oxygen atoms in total. The van der Waals surface area contributed by atoms with E-state index in [0.29, 0.717) is 0 Å². The summed E-state index contributed by atoms with van der Waals surface area (Å²) in [5.41, 5.74) is 2.47. The average Bonchev–Trinajstić information content (AvgIpc) is 1.90. The SMILES string of the molecule is OBO.c1cc2cc(c1)N2. The van der Waals surface area contributed by atoms with Crippen LogP contribution < -0.4 is 5.32 Å². The van der Waals surface area contributed by atoms with Crippen LogP contribution in [0.4, 0.5) is 11.4 Å². The predicted octanol–water partition coefficient (Wildman–Crippen LogP) is -0.0189. The highest BCUT2D eigenvalue weighted by Crippen LogP contribution is 2.27. The fourth-order valence-corrected chi connectivity index (χ4v) is 0.764. The van der Waals surface area contributed by atoms with E-state index in [0.717, 1.165) is 0 Å². The van der Waals surface area contributed by atoms with Gasteiger partial charge in [-0.05, 0) is 18.2 Å². The maximum Gasteiger partial charge on any atom is 0.432 e. The lowest BCUT2D eigenvalue weighted by molar-refractivity contribution is 0.448. The minimum absolute atomic E-state index is 0.750. The van der Waals surface area contributed by atoms with Gasteiger partial charge in [-0.3, -0.25) is 0 Å². The van der Waals surface area contributed by atoms with Gasteiger partial charge in [0.1, 0.15) is 0 Å². The van der Waals surface area contributed by atoms with E-state index in [1.165, 1.54) is 11.4 Å². The fraction of sp³-hybridized carbons (Fsp3) is 0. The van der Waals surface area contributed by atoms with E-state index in [1.807, 2.05) is 18.2 Å². The zero-order valence-electron chi connectivity index (χ0n) is 5.41. The van der Waals surface area contributed by atoms with Gasteiger partial charge in [-0.25, -0.2) is 0 Å². The molecule has 2 aliphatic rings. The van der Waals surface area contributed by atoms with Gasteiger partial charge in [-0.1, -0.05) is 6.07 Å². The van der Waals surface area contributed by atoms with Gasteiger partial charge < -0.3 is 15.4 Å². The van der Waals surface area contributed by atoms with Gasteiger partial charge in [0.25, 0.3) is 0 Å². The van der Waals surface area contributed by atoms with Crippen molar-refractivity contribution in [1.29, 1.82) is 0 Å². The van der Waals surface area contributed by atoms with Crippen molar-refractivity contribution in [2.75, 3.05) is 5.32 Å². The third-order valence-electron chi connectivity index (χ3n) is 1.15. The standard InChI is InChI=1S/C6H5N.BH3O2/c1-2-5-4-6(3-1)7-5;2-1-3/h1-4,7H;1-3H. The van der Waals surface area contributed by atoms with Crippen LogP contribution in [0.1, 0.15) is 0 Å². The van der Waals surface area contributed by atoms with E-state index in [9.17, 15) is 0 Å². The minimum Gasteiger partial charge on any atom is -0.430 e.